The lowest BCUT2D eigenvalue weighted by molar-refractivity contribution is -0.136. The van der Waals surface area contributed by atoms with Gasteiger partial charge in [0.2, 0.25) is 11.8 Å². The number of hydrogen-bond donors (Lipinski definition) is 2. The topological polar surface area (TPSA) is 178 Å². The van der Waals surface area contributed by atoms with Crippen LogP contribution in [0.5, 0.6) is 17.2 Å². The molecule has 2 atom stereocenters. The molecule has 1 fully saturated rings. The van der Waals surface area contributed by atoms with Crippen LogP contribution in [0.3, 0.4) is 0 Å². The lowest BCUT2D eigenvalue weighted by Gasteiger charge is -2.29. The molecular weight excluding hydrogens is 869 g/mol. The number of thiophene rings is 1. The summed E-state index contributed by atoms with van der Waals surface area (Å²) < 4.78 is 42.4. The second kappa shape index (κ2) is 21.6. The number of nitrogens with one attached hydrogen (secondary N) is 2. The Hall–Kier alpha value is -5.58. The van der Waals surface area contributed by atoms with E-state index < -0.39 is 45.4 Å². The number of amides is 5. The predicted octanol–water partition coefficient (Wildman–Crippen LogP) is 7.33. The van der Waals surface area contributed by atoms with Crippen LogP contribution in [0.15, 0.2) is 66.0 Å². The highest BCUT2D eigenvalue weighted by molar-refractivity contribution is 7.90. The fourth-order valence-corrected chi connectivity index (χ4v) is 10.7. The van der Waals surface area contributed by atoms with Crippen LogP contribution in [0, 0.1) is 0 Å². The van der Waals surface area contributed by atoms with Gasteiger partial charge in [0.05, 0.1) is 42.2 Å². The number of benzene rings is 3. The third-order valence-electron chi connectivity index (χ3n) is 12.2. The monoisotopic (exact) mass is 926 g/mol. The third-order valence-corrected chi connectivity index (χ3v) is 14.2. The van der Waals surface area contributed by atoms with Gasteiger partial charge in [0, 0.05) is 41.6 Å². The number of aryl methyl sites for hydroxylation is 1. The number of sulfone groups is 1. The second-order valence-corrected chi connectivity index (χ2v) is 20.1. The average molecular weight is 927 g/mol. The van der Waals surface area contributed by atoms with Crippen LogP contribution in [0.1, 0.15) is 135 Å². The summed E-state index contributed by atoms with van der Waals surface area (Å²) in [7, 11) is -2.09. The molecule has 4 aromatic rings. The summed E-state index contributed by atoms with van der Waals surface area (Å²) in [6.07, 6.45) is 11.0. The molecule has 14 nitrogen and oxygen atoms in total. The van der Waals surface area contributed by atoms with Gasteiger partial charge in [-0.1, -0.05) is 68.9 Å². The van der Waals surface area contributed by atoms with Crippen LogP contribution in [0.2, 0.25) is 0 Å². The number of fused-ring (bicyclic) bond motifs is 2. The molecule has 65 heavy (non-hydrogen) atoms. The van der Waals surface area contributed by atoms with Gasteiger partial charge in [0.15, 0.2) is 11.5 Å². The van der Waals surface area contributed by atoms with E-state index in [4.69, 9.17) is 14.2 Å². The smallest absolute Gasteiger partial charge is 0.262 e. The minimum Gasteiger partial charge on any atom is -0.493 e. The first-order chi connectivity index (χ1) is 31.4. The summed E-state index contributed by atoms with van der Waals surface area (Å²) >= 11 is 1.48. The van der Waals surface area contributed by atoms with Gasteiger partial charge in [0.1, 0.15) is 28.2 Å². The van der Waals surface area contributed by atoms with Crippen LogP contribution in [-0.4, -0.2) is 86.1 Å². The predicted molar refractivity (Wildman–Crippen MR) is 247 cm³/mol. The quantitative estimate of drug-likeness (QED) is 0.0531. The van der Waals surface area contributed by atoms with Crippen molar-refractivity contribution in [2.45, 2.75) is 109 Å². The molecule has 0 radical (unpaired) electrons. The Morgan fingerprint density at radius 2 is 1.58 bits per heavy atom. The molecule has 0 spiro atoms. The number of piperidine rings is 1. The van der Waals surface area contributed by atoms with Gasteiger partial charge in [0.25, 0.3) is 17.7 Å². The summed E-state index contributed by atoms with van der Waals surface area (Å²) in [4.78, 5) is 68.4. The molecule has 2 N–H and O–H groups in total. The number of nitrogens with zero attached hydrogens (tertiary/aromatic N) is 2. The Bertz CT molecular complexity index is 2500. The van der Waals surface area contributed by atoms with Crippen molar-refractivity contribution in [2.24, 2.45) is 0 Å². The SMILES string of the molecule is CCOc1cc([C@@H](CS(C)(=O)=O)N2C(=O)c3cccc(CCCCCCCCCCNCc4ccc(OCc5scc6c5CN(C5CCC(=O)NC5=O)C6=O)cc4)c3C2=O)ccc1OC. The molecule has 0 bridgehead atoms. The maximum absolute atomic E-state index is 14.0. The molecule has 1 aromatic heterocycles. The van der Waals surface area contributed by atoms with Crippen molar-refractivity contribution >= 4 is 50.7 Å². The molecule has 346 valence electrons. The molecule has 5 amide bonds. The van der Waals surface area contributed by atoms with Gasteiger partial charge in [-0.3, -0.25) is 34.2 Å². The van der Waals surface area contributed by atoms with E-state index in [1.54, 1.807) is 35.2 Å². The first-order valence-electron chi connectivity index (χ1n) is 22.5. The van der Waals surface area contributed by atoms with Crippen molar-refractivity contribution in [3.63, 3.8) is 0 Å². The molecule has 0 aliphatic carbocycles. The zero-order chi connectivity index (χ0) is 46.1. The van der Waals surface area contributed by atoms with Crippen molar-refractivity contribution in [2.75, 3.05) is 32.3 Å². The minimum atomic E-state index is -3.60. The normalized spacial score (nSPS) is 16.5. The first-order valence-corrected chi connectivity index (χ1v) is 25.5. The number of carbonyl (C=O) groups is 5. The van der Waals surface area contributed by atoms with Crippen molar-refractivity contribution < 1.29 is 46.6 Å². The lowest BCUT2D eigenvalue weighted by Crippen LogP contribution is -2.52. The number of ether oxygens (including phenoxy) is 3. The molecule has 0 saturated carbocycles. The van der Waals surface area contributed by atoms with Gasteiger partial charge >= 0.3 is 0 Å². The largest absolute Gasteiger partial charge is 0.493 e. The summed E-state index contributed by atoms with van der Waals surface area (Å²) in [5.41, 5.74) is 4.62. The molecule has 3 aromatic carbocycles. The van der Waals surface area contributed by atoms with E-state index in [2.05, 4.69) is 10.6 Å². The number of rotatable bonds is 24. The number of imide groups is 2. The van der Waals surface area contributed by atoms with Crippen LogP contribution >= 0.6 is 11.3 Å². The van der Waals surface area contributed by atoms with Gasteiger partial charge in [-0.2, -0.15) is 0 Å². The average Bonchev–Trinajstić information content (AvgIpc) is 3.92. The first kappa shape index (κ1) is 47.4. The molecule has 1 unspecified atom stereocenters. The maximum Gasteiger partial charge on any atom is 0.262 e. The number of methoxy groups -OCH3 is 1. The van der Waals surface area contributed by atoms with Crippen molar-refractivity contribution in [3.8, 4) is 17.2 Å². The minimum absolute atomic E-state index is 0.175. The molecule has 16 heteroatoms. The molecule has 7 rings (SSSR count). The molecule has 4 heterocycles. The van der Waals surface area contributed by atoms with Gasteiger partial charge in [-0.25, -0.2) is 8.42 Å². The number of carbonyl (C=O) groups excluding carboxylic acids is 5. The number of hydrogen-bond acceptors (Lipinski definition) is 12. The Labute approximate surface area is 384 Å². The van der Waals surface area contributed by atoms with E-state index in [9.17, 15) is 32.4 Å². The van der Waals surface area contributed by atoms with E-state index in [0.29, 0.717) is 66.4 Å². The second-order valence-electron chi connectivity index (χ2n) is 16.9. The van der Waals surface area contributed by atoms with Crippen LogP contribution in [0.25, 0.3) is 0 Å². The van der Waals surface area contributed by atoms with Crippen LogP contribution in [0.4, 0.5) is 0 Å². The van der Waals surface area contributed by atoms with E-state index in [-0.39, 0.29) is 18.2 Å². The fourth-order valence-electron chi connectivity index (χ4n) is 8.88. The van der Waals surface area contributed by atoms with Crippen molar-refractivity contribution in [1.29, 1.82) is 0 Å². The third kappa shape index (κ3) is 11.5. The molecule has 3 aliphatic heterocycles. The Kier molecular flexibility index (Phi) is 15.8. The highest BCUT2D eigenvalue weighted by Crippen LogP contribution is 2.38. The summed E-state index contributed by atoms with van der Waals surface area (Å²) in [6.45, 7) is 4.54. The van der Waals surface area contributed by atoms with Gasteiger partial charge in [-0.05, 0) is 86.2 Å². The zero-order valence-corrected chi connectivity index (χ0v) is 39.0. The zero-order valence-electron chi connectivity index (χ0n) is 37.3. The molecule has 1 saturated heterocycles. The maximum atomic E-state index is 14.0. The summed E-state index contributed by atoms with van der Waals surface area (Å²) in [5.74, 6) is -0.659. The van der Waals surface area contributed by atoms with Gasteiger partial charge in [-0.15, -0.1) is 11.3 Å². The van der Waals surface area contributed by atoms with E-state index in [1.165, 1.54) is 18.4 Å². The highest BCUT2D eigenvalue weighted by atomic mass is 32.2. The standard InChI is InChI=1S/C49H58N4O10S2/c1-4-62-42-26-34(19-23-41(42)61-2)40(31-65(3,59)60)53-48(57)36-16-13-15-33(45(36)49(53)58)14-11-9-7-5-6-8-10-12-25-50-27-32-17-20-35(21-18-32)63-29-43-37-28-52(47(56)38(37)30-64-43)39-22-24-44(54)51-46(39)55/h13,15-21,23,26,30,39-40,50H,4-12,14,22,24-25,27-29,31H2,1-3H3,(H,51,54,55)/t39?,40-/m1/s1. The Morgan fingerprint density at radius 1 is 0.846 bits per heavy atom. The van der Waals surface area contributed by atoms with Crippen molar-refractivity contribution in [3.05, 3.63) is 110 Å². The Morgan fingerprint density at radius 3 is 2.29 bits per heavy atom. The molecule has 3 aliphatic rings. The van der Waals surface area contributed by atoms with E-state index in [1.807, 2.05) is 42.6 Å². The van der Waals surface area contributed by atoms with Crippen molar-refractivity contribution in [1.82, 2.24) is 20.4 Å². The van der Waals surface area contributed by atoms with Crippen LogP contribution < -0.4 is 24.8 Å². The summed E-state index contributed by atoms with van der Waals surface area (Å²) in [6, 6.07) is 16.7. The van der Waals surface area contributed by atoms with E-state index >= 15 is 0 Å². The van der Waals surface area contributed by atoms with Crippen LogP contribution in [-0.2, 0) is 45.5 Å². The highest BCUT2D eigenvalue weighted by Gasteiger charge is 2.43. The van der Waals surface area contributed by atoms with E-state index in [0.717, 1.165) is 103 Å². The van der Waals surface area contributed by atoms with Gasteiger partial charge < -0.3 is 24.4 Å². The number of unbranched alkanes of at least 4 members (excludes halogenated alkanes) is 7. The summed E-state index contributed by atoms with van der Waals surface area (Å²) in [5, 5.41) is 7.71. The Balaban J connectivity index is 0.775. The molecular formula is C49H58N4O10S2. The lowest BCUT2D eigenvalue weighted by atomic mass is 9.97. The fraction of sp³-hybridized carbons (Fsp3) is 0.449.